The molecular weight excluding hydrogens is 218 g/mol. The van der Waals surface area contributed by atoms with Gasteiger partial charge in [-0.15, -0.1) is 0 Å². The largest absolute Gasteiger partial charge is 0.478 e. The Morgan fingerprint density at radius 1 is 1.06 bits per heavy atom. The summed E-state index contributed by atoms with van der Waals surface area (Å²) in [6.45, 7) is 3.06. The van der Waals surface area contributed by atoms with Gasteiger partial charge in [0.05, 0.1) is 0 Å². The van der Waals surface area contributed by atoms with Gasteiger partial charge in [0.15, 0.2) is 0 Å². The zero-order chi connectivity index (χ0) is 13.0. The first-order chi connectivity index (χ1) is 7.95. The minimum absolute atomic E-state index is 0.137. The minimum atomic E-state index is -1.02. The summed E-state index contributed by atoms with van der Waals surface area (Å²) in [6, 6.07) is 0.271. The van der Waals surface area contributed by atoms with E-state index in [1.807, 2.05) is 0 Å². The van der Waals surface area contributed by atoms with Crippen LogP contribution < -0.4 is 0 Å². The molecule has 1 rings (SSSR count). The van der Waals surface area contributed by atoms with Gasteiger partial charge in [-0.3, -0.25) is 4.79 Å². The average molecular weight is 239 g/mol. The highest BCUT2D eigenvalue weighted by molar-refractivity contribution is 6.01. The van der Waals surface area contributed by atoms with Gasteiger partial charge in [-0.25, -0.2) is 4.79 Å². The molecule has 4 nitrogen and oxygen atoms in total. The van der Waals surface area contributed by atoms with Crippen molar-refractivity contribution in [1.29, 1.82) is 0 Å². The Labute approximate surface area is 102 Å². The number of carbonyl (C=O) groups excluding carboxylic acids is 1. The molecule has 17 heavy (non-hydrogen) atoms. The average Bonchev–Trinajstić information content (AvgIpc) is 2.36. The Morgan fingerprint density at radius 2 is 1.59 bits per heavy atom. The summed E-state index contributed by atoms with van der Waals surface area (Å²) >= 11 is 0. The Balaban J connectivity index is 2.75. The molecule has 1 aliphatic carbocycles. The summed E-state index contributed by atoms with van der Waals surface area (Å²) < 4.78 is 0. The number of carboxylic acids is 1. The second-order valence-corrected chi connectivity index (χ2v) is 4.76. The van der Waals surface area contributed by atoms with Crippen molar-refractivity contribution in [3.05, 3.63) is 11.1 Å². The van der Waals surface area contributed by atoms with E-state index in [4.69, 9.17) is 5.11 Å². The van der Waals surface area contributed by atoms with E-state index in [1.54, 1.807) is 18.9 Å². The van der Waals surface area contributed by atoms with Crippen LogP contribution in [0, 0.1) is 0 Å². The summed E-state index contributed by atoms with van der Waals surface area (Å²) in [4.78, 5) is 24.6. The molecule has 0 aliphatic heterocycles. The number of likely N-dealkylation sites (N-methyl/N-ethyl adjacent to an activating group) is 1. The first-order valence-electron chi connectivity index (χ1n) is 6.13. The molecule has 1 amide bonds. The second-order valence-electron chi connectivity index (χ2n) is 4.76. The molecule has 0 radical (unpaired) electrons. The van der Waals surface area contributed by atoms with Crippen LogP contribution >= 0.6 is 0 Å². The number of carboxylic acid groups (broad SMARTS) is 1. The van der Waals surface area contributed by atoms with Gasteiger partial charge in [-0.2, -0.15) is 0 Å². The molecule has 0 heterocycles. The molecule has 1 saturated carbocycles. The molecule has 0 aromatic rings. The lowest BCUT2D eigenvalue weighted by Crippen LogP contribution is -2.39. The first-order valence-corrected chi connectivity index (χ1v) is 6.13. The highest BCUT2D eigenvalue weighted by atomic mass is 16.4. The second kappa shape index (κ2) is 5.84. The van der Waals surface area contributed by atoms with Crippen LogP contribution in [-0.2, 0) is 9.59 Å². The minimum Gasteiger partial charge on any atom is -0.478 e. The van der Waals surface area contributed by atoms with Gasteiger partial charge in [-0.05, 0) is 26.7 Å². The Morgan fingerprint density at radius 3 is 2.06 bits per heavy atom. The monoisotopic (exact) mass is 239 g/mol. The third-order valence-corrected chi connectivity index (χ3v) is 3.65. The molecule has 1 aliphatic rings. The summed E-state index contributed by atoms with van der Waals surface area (Å²) in [7, 11) is 1.77. The molecule has 0 aromatic carbocycles. The van der Waals surface area contributed by atoms with Crippen LogP contribution in [0.15, 0.2) is 11.1 Å². The van der Waals surface area contributed by atoms with E-state index in [0.29, 0.717) is 5.57 Å². The number of carbonyl (C=O) groups is 2. The van der Waals surface area contributed by atoms with Gasteiger partial charge in [0.2, 0.25) is 5.91 Å². The molecule has 0 bridgehead atoms. The van der Waals surface area contributed by atoms with Crippen LogP contribution in [0.4, 0.5) is 0 Å². The van der Waals surface area contributed by atoms with E-state index in [2.05, 4.69) is 0 Å². The van der Waals surface area contributed by atoms with Gasteiger partial charge in [0.1, 0.15) is 0 Å². The van der Waals surface area contributed by atoms with Crippen molar-refractivity contribution >= 4 is 11.9 Å². The predicted octanol–water partition coefficient (Wildman–Crippen LogP) is 2.20. The molecular formula is C13H21NO3. The molecule has 0 saturated heterocycles. The SMILES string of the molecule is C/C(C(=O)O)=C(\C)C(=O)N(C)C1CCCCC1. The lowest BCUT2D eigenvalue weighted by molar-refractivity contribution is -0.134. The number of aliphatic carboxylic acids is 1. The van der Waals surface area contributed by atoms with Crippen molar-refractivity contribution in [3.8, 4) is 0 Å². The summed E-state index contributed by atoms with van der Waals surface area (Å²) in [5.41, 5.74) is 0.475. The van der Waals surface area contributed by atoms with Crippen molar-refractivity contribution in [2.45, 2.75) is 52.0 Å². The highest BCUT2D eigenvalue weighted by Crippen LogP contribution is 2.23. The molecule has 0 unspecified atom stereocenters. The maximum atomic E-state index is 12.1. The standard InChI is InChI=1S/C13H21NO3/c1-9(10(2)13(16)17)12(15)14(3)11-7-5-4-6-8-11/h11H,4-8H2,1-3H3,(H,16,17)/b10-9-. The molecule has 0 aromatic heterocycles. The highest BCUT2D eigenvalue weighted by Gasteiger charge is 2.24. The molecule has 1 fully saturated rings. The third kappa shape index (κ3) is 3.32. The molecule has 0 spiro atoms. The van der Waals surface area contributed by atoms with E-state index >= 15 is 0 Å². The zero-order valence-electron chi connectivity index (χ0n) is 10.8. The summed E-state index contributed by atoms with van der Waals surface area (Å²) in [5.74, 6) is -1.18. The molecule has 0 atom stereocenters. The Bertz CT molecular complexity index is 341. The summed E-state index contributed by atoms with van der Waals surface area (Å²) in [5, 5.41) is 8.86. The third-order valence-electron chi connectivity index (χ3n) is 3.65. The van der Waals surface area contributed by atoms with E-state index in [-0.39, 0.29) is 17.5 Å². The maximum Gasteiger partial charge on any atom is 0.331 e. The van der Waals surface area contributed by atoms with E-state index in [1.165, 1.54) is 13.3 Å². The van der Waals surface area contributed by atoms with Crippen LogP contribution in [0.5, 0.6) is 0 Å². The maximum absolute atomic E-state index is 12.1. The van der Waals surface area contributed by atoms with Crippen molar-refractivity contribution in [2.75, 3.05) is 7.05 Å². The zero-order valence-corrected chi connectivity index (χ0v) is 10.8. The van der Waals surface area contributed by atoms with Crippen molar-refractivity contribution in [3.63, 3.8) is 0 Å². The quantitative estimate of drug-likeness (QED) is 0.768. The van der Waals surface area contributed by atoms with E-state index in [9.17, 15) is 9.59 Å². The normalized spacial score (nSPS) is 18.5. The number of amides is 1. The number of hydrogen-bond donors (Lipinski definition) is 1. The fraction of sp³-hybridized carbons (Fsp3) is 0.692. The van der Waals surface area contributed by atoms with Crippen molar-refractivity contribution in [1.82, 2.24) is 4.90 Å². The lowest BCUT2D eigenvalue weighted by atomic mass is 9.94. The van der Waals surface area contributed by atoms with Crippen LogP contribution in [0.3, 0.4) is 0 Å². The van der Waals surface area contributed by atoms with Crippen LogP contribution in [0.25, 0.3) is 0 Å². The van der Waals surface area contributed by atoms with E-state index in [0.717, 1.165) is 25.7 Å². The number of rotatable bonds is 3. The van der Waals surface area contributed by atoms with E-state index < -0.39 is 5.97 Å². The number of hydrogen-bond acceptors (Lipinski definition) is 2. The van der Waals surface area contributed by atoms with Crippen LogP contribution in [-0.4, -0.2) is 35.0 Å². The predicted molar refractivity (Wildman–Crippen MR) is 65.7 cm³/mol. The van der Waals surface area contributed by atoms with Crippen molar-refractivity contribution < 1.29 is 14.7 Å². The van der Waals surface area contributed by atoms with Gasteiger partial charge >= 0.3 is 5.97 Å². The molecule has 96 valence electrons. The first kappa shape index (κ1) is 13.7. The lowest BCUT2D eigenvalue weighted by Gasteiger charge is -2.31. The van der Waals surface area contributed by atoms with Gasteiger partial charge in [0.25, 0.3) is 0 Å². The Kier molecular flexibility index (Phi) is 4.73. The van der Waals surface area contributed by atoms with Gasteiger partial charge in [-0.1, -0.05) is 19.3 Å². The van der Waals surface area contributed by atoms with Crippen molar-refractivity contribution in [2.24, 2.45) is 0 Å². The number of nitrogens with zero attached hydrogens (tertiary/aromatic N) is 1. The topological polar surface area (TPSA) is 57.6 Å². The van der Waals surface area contributed by atoms with Crippen LogP contribution in [0.2, 0.25) is 0 Å². The molecule has 1 N–H and O–H groups in total. The van der Waals surface area contributed by atoms with Crippen LogP contribution in [0.1, 0.15) is 46.0 Å². The fourth-order valence-electron chi connectivity index (χ4n) is 2.22. The Hall–Kier alpha value is -1.32. The molecule has 4 heteroatoms. The smallest absolute Gasteiger partial charge is 0.331 e. The fourth-order valence-corrected chi connectivity index (χ4v) is 2.22. The summed E-state index contributed by atoms with van der Waals surface area (Å²) in [6.07, 6.45) is 5.61. The van der Waals surface area contributed by atoms with Gasteiger partial charge < -0.3 is 10.0 Å². The van der Waals surface area contributed by atoms with Gasteiger partial charge in [0, 0.05) is 24.2 Å².